The number of nitrogens with zero attached hydrogens (tertiary/aromatic N) is 3. The fraction of sp³-hybridized carbons (Fsp3) is 0.923. The van der Waals surface area contributed by atoms with Gasteiger partial charge in [-0.25, -0.2) is 0 Å². The maximum absolute atomic E-state index is 9.10. The van der Waals surface area contributed by atoms with Crippen molar-refractivity contribution < 1.29 is 0 Å². The van der Waals surface area contributed by atoms with E-state index in [9.17, 15) is 0 Å². The molecule has 17 heavy (non-hydrogen) atoms. The van der Waals surface area contributed by atoms with Crippen LogP contribution in [0.2, 0.25) is 0 Å². The summed E-state index contributed by atoms with van der Waals surface area (Å²) in [7, 11) is 2.18. The third-order valence-corrected chi connectivity index (χ3v) is 3.84. The lowest BCUT2D eigenvalue weighted by Crippen LogP contribution is -2.51. The van der Waals surface area contributed by atoms with Gasteiger partial charge >= 0.3 is 0 Å². The molecule has 0 aromatic carbocycles. The Morgan fingerprint density at radius 1 is 1.41 bits per heavy atom. The molecule has 1 saturated heterocycles. The molecule has 4 heteroatoms. The van der Waals surface area contributed by atoms with Crippen molar-refractivity contribution in [3.63, 3.8) is 0 Å². The molecule has 2 unspecified atom stereocenters. The predicted octanol–water partition coefficient (Wildman–Crippen LogP) is 0.657. The topological polar surface area (TPSA) is 42.3 Å². The SMILES string of the molecule is CC1CN(C)CCN1CCC(C#N)NC1CC1. The van der Waals surface area contributed by atoms with Gasteiger partial charge in [0.1, 0.15) is 0 Å². The molecule has 1 saturated carbocycles. The fourth-order valence-corrected chi connectivity index (χ4v) is 2.52. The third kappa shape index (κ3) is 3.95. The van der Waals surface area contributed by atoms with Crippen LogP contribution in [0.3, 0.4) is 0 Å². The first-order valence-electron chi connectivity index (χ1n) is 6.77. The summed E-state index contributed by atoms with van der Waals surface area (Å²) in [6.45, 7) is 6.77. The zero-order valence-corrected chi connectivity index (χ0v) is 11.0. The first kappa shape index (κ1) is 12.8. The highest BCUT2D eigenvalue weighted by atomic mass is 15.3. The number of hydrogen-bond donors (Lipinski definition) is 1. The van der Waals surface area contributed by atoms with E-state index in [4.69, 9.17) is 5.26 Å². The van der Waals surface area contributed by atoms with E-state index in [0.717, 1.165) is 32.6 Å². The number of nitriles is 1. The van der Waals surface area contributed by atoms with Crippen molar-refractivity contribution in [2.75, 3.05) is 33.2 Å². The summed E-state index contributed by atoms with van der Waals surface area (Å²) < 4.78 is 0. The monoisotopic (exact) mass is 236 g/mol. The molecule has 2 atom stereocenters. The average Bonchev–Trinajstić information content (AvgIpc) is 3.10. The summed E-state index contributed by atoms with van der Waals surface area (Å²) in [6, 6.07) is 3.69. The molecule has 1 heterocycles. The largest absolute Gasteiger partial charge is 0.304 e. The summed E-state index contributed by atoms with van der Waals surface area (Å²) in [4.78, 5) is 4.89. The second kappa shape index (κ2) is 5.81. The van der Waals surface area contributed by atoms with E-state index in [1.165, 1.54) is 12.8 Å². The summed E-state index contributed by atoms with van der Waals surface area (Å²) >= 11 is 0. The lowest BCUT2D eigenvalue weighted by molar-refractivity contribution is 0.0975. The van der Waals surface area contributed by atoms with Gasteiger partial charge in [0, 0.05) is 38.3 Å². The molecule has 2 rings (SSSR count). The van der Waals surface area contributed by atoms with Gasteiger partial charge in [-0.15, -0.1) is 0 Å². The van der Waals surface area contributed by atoms with Crippen LogP contribution in [0.25, 0.3) is 0 Å². The molecule has 0 aromatic rings. The van der Waals surface area contributed by atoms with Gasteiger partial charge in [-0.1, -0.05) is 0 Å². The highest BCUT2D eigenvalue weighted by molar-refractivity contribution is 4.96. The maximum atomic E-state index is 9.10. The fourth-order valence-electron chi connectivity index (χ4n) is 2.52. The summed E-state index contributed by atoms with van der Waals surface area (Å²) in [5.74, 6) is 0. The standard InChI is InChI=1S/C13H24N4/c1-11-10-16(2)7-8-17(11)6-5-13(9-14)15-12-3-4-12/h11-13,15H,3-8,10H2,1-2H3. The Labute approximate surface area is 105 Å². The van der Waals surface area contributed by atoms with Gasteiger partial charge in [0.15, 0.2) is 0 Å². The lowest BCUT2D eigenvalue weighted by Gasteiger charge is -2.38. The lowest BCUT2D eigenvalue weighted by atomic mass is 10.1. The van der Waals surface area contributed by atoms with Crippen LogP contribution in [-0.2, 0) is 0 Å². The van der Waals surface area contributed by atoms with Crippen LogP contribution >= 0.6 is 0 Å². The summed E-state index contributed by atoms with van der Waals surface area (Å²) in [5.41, 5.74) is 0. The highest BCUT2D eigenvalue weighted by Crippen LogP contribution is 2.20. The van der Waals surface area contributed by atoms with E-state index in [1.807, 2.05) is 0 Å². The van der Waals surface area contributed by atoms with Crippen LogP contribution < -0.4 is 5.32 Å². The Balaban J connectivity index is 1.70. The zero-order valence-electron chi connectivity index (χ0n) is 11.0. The molecule has 0 radical (unpaired) electrons. The quantitative estimate of drug-likeness (QED) is 0.761. The molecule has 2 aliphatic rings. The van der Waals surface area contributed by atoms with Gasteiger partial charge in [0.2, 0.25) is 0 Å². The second-order valence-electron chi connectivity index (χ2n) is 5.56. The third-order valence-electron chi connectivity index (χ3n) is 3.84. The molecule has 0 aromatic heterocycles. The molecular formula is C13H24N4. The first-order chi connectivity index (χ1) is 8.19. The van der Waals surface area contributed by atoms with Gasteiger partial charge < -0.3 is 4.90 Å². The average molecular weight is 236 g/mol. The number of likely N-dealkylation sites (N-methyl/N-ethyl adjacent to an activating group) is 1. The van der Waals surface area contributed by atoms with E-state index >= 15 is 0 Å². The Morgan fingerprint density at radius 3 is 2.76 bits per heavy atom. The van der Waals surface area contributed by atoms with Crippen molar-refractivity contribution in [1.29, 1.82) is 5.26 Å². The Kier molecular flexibility index (Phi) is 4.38. The van der Waals surface area contributed by atoms with Crippen LogP contribution in [0.15, 0.2) is 0 Å². The van der Waals surface area contributed by atoms with Gasteiger partial charge in [-0.05, 0) is 33.2 Å². The van der Waals surface area contributed by atoms with Crippen molar-refractivity contribution in [2.24, 2.45) is 0 Å². The van der Waals surface area contributed by atoms with Gasteiger partial charge in [0.25, 0.3) is 0 Å². The number of hydrogen-bond acceptors (Lipinski definition) is 4. The molecule has 1 N–H and O–H groups in total. The predicted molar refractivity (Wildman–Crippen MR) is 68.7 cm³/mol. The number of piperazine rings is 1. The van der Waals surface area contributed by atoms with Gasteiger partial charge in [-0.2, -0.15) is 5.26 Å². The van der Waals surface area contributed by atoms with E-state index in [2.05, 4.69) is 35.2 Å². The minimum absolute atomic E-state index is 0.0503. The number of rotatable bonds is 5. The molecule has 1 aliphatic carbocycles. The molecule has 0 bridgehead atoms. The molecular weight excluding hydrogens is 212 g/mol. The van der Waals surface area contributed by atoms with Gasteiger partial charge in [0.05, 0.1) is 12.1 Å². The van der Waals surface area contributed by atoms with Crippen LogP contribution in [0, 0.1) is 11.3 Å². The van der Waals surface area contributed by atoms with Gasteiger partial charge in [-0.3, -0.25) is 10.2 Å². The molecule has 1 aliphatic heterocycles. The van der Waals surface area contributed by atoms with E-state index in [1.54, 1.807) is 0 Å². The van der Waals surface area contributed by atoms with Crippen molar-refractivity contribution in [2.45, 2.75) is 44.3 Å². The van der Waals surface area contributed by atoms with Crippen LogP contribution in [-0.4, -0.2) is 61.2 Å². The molecule has 4 nitrogen and oxygen atoms in total. The molecule has 2 fully saturated rings. The summed E-state index contributed by atoms with van der Waals surface area (Å²) in [5, 5.41) is 12.5. The van der Waals surface area contributed by atoms with E-state index in [-0.39, 0.29) is 6.04 Å². The molecule has 0 spiro atoms. The normalized spacial score (nSPS) is 28.9. The zero-order chi connectivity index (χ0) is 12.3. The van der Waals surface area contributed by atoms with Crippen LogP contribution in [0.5, 0.6) is 0 Å². The first-order valence-corrected chi connectivity index (χ1v) is 6.77. The Hall–Kier alpha value is -0.630. The minimum atomic E-state index is 0.0503. The minimum Gasteiger partial charge on any atom is -0.304 e. The van der Waals surface area contributed by atoms with E-state index in [0.29, 0.717) is 12.1 Å². The smallest absolute Gasteiger partial charge is 0.0967 e. The van der Waals surface area contributed by atoms with Crippen molar-refractivity contribution in [1.82, 2.24) is 15.1 Å². The van der Waals surface area contributed by atoms with Crippen molar-refractivity contribution >= 4 is 0 Å². The number of nitrogens with one attached hydrogen (secondary N) is 1. The highest BCUT2D eigenvalue weighted by Gasteiger charge is 2.26. The maximum Gasteiger partial charge on any atom is 0.0967 e. The Morgan fingerprint density at radius 2 is 2.18 bits per heavy atom. The van der Waals surface area contributed by atoms with Crippen molar-refractivity contribution in [3.05, 3.63) is 0 Å². The van der Waals surface area contributed by atoms with Crippen molar-refractivity contribution in [3.8, 4) is 6.07 Å². The second-order valence-corrected chi connectivity index (χ2v) is 5.56. The summed E-state index contributed by atoms with van der Waals surface area (Å²) in [6.07, 6.45) is 3.47. The van der Waals surface area contributed by atoms with E-state index < -0.39 is 0 Å². The van der Waals surface area contributed by atoms with Crippen LogP contribution in [0.1, 0.15) is 26.2 Å². The Bertz CT molecular complexity index is 282. The molecule has 0 amide bonds. The van der Waals surface area contributed by atoms with Crippen LogP contribution in [0.4, 0.5) is 0 Å². The molecule has 96 valence electrons.